The number of imidazole rings is 1. The molecule has 1 aliphatic rings. The summed E-state index contributed by atoms with van der Waals surface area (Å²) < 4.78 is 7.78. The highest BCUT2D eigenvalue weighted by atomic mass is 16.5. The molecule has 4 rings (SSSR count). The van der Waals surface area contributed by atoms with Gasteiger partial charge in [-0.2, -0.15) is 0 Å². The Morgan fingerprint density at radius 3 is 2.45 bits per heavy atom. The number of fused-ring (bicyclic) bond motifs is 1. The molecule has 0 radical (unpaired) electrons. The Bertz CT molecular complexity index is 1060. The molecule has 150 valence electrons. The van der Waals surface area contributed by atoms with Crippen LogP contribution in [0.25, 0.3) is 23.0 Å². The molecule has 1 fully saturated rings. The van der Waals surface area contributed by atoms with Crippen molar-refractivity contribution in [1.82, 2.24) is 14.3 Å². The van der Waals surface area contributed by atoms with E-state index in [0.717, 1.165) is 28.2 Å². The lowest BCUT2D eigenvalue weighted by atomic mass is 10.1. The van der Waals surface area contributed by atoms with Crippen molar-refractivity contribution in [3.8, 4) is 11.3 Å². The average Bonchev–Trinajstić information content (AvgIpc) is 3.03. The van der Waals surface area contributed by atoms with Crippen molar-refractivity contribution in [2.45, 2.75) is 39.9 Å². The Kier molecular flexibility index (Phi) is 5.24. The lowest BCUT2D eigenvalue weighted by molar-refractivity contribution is -0.137. The second-order valence-corrected chi connectivity index (χ2v) is 7.98. The molecule has 2 aromatic heterocycles. The third kappa shape index (κ3) is 4.10. The number of aromatic nitrogens is 2. The molecule has 0 bridgehead atoms. The summed E-state index contributed by atoms with van der Waals surface area (Å²) in [6, 6.07) is 12.4. The molecule has 2 unspecified atom stereocenters. The Labute approximate surface area is 171 Å². The van der Waals surface area contributed by atoms with Crippen LogP contribution < -0.4 is 0 Å². The van der Waals surface area contributed by atoms with Gasteiger partial charge in [0.05, 0.1) is 23.6 Å². The average molecular weight is 389 g/mol. The van der Waals surface area contributed by atoms with Crippen LogP contribution in [0, 0.1) is 13.8 Å². The molecule has 0 N–H and O–H groups in total. The van der Waals surface area contributed by atoms with Crippen LogP contribution >= 0.6 is 0 Å². The first kappa shape index (κ1) is 19.4. The van der Waals surface area contributed by atoms with Gasteiger partial charge in [0.25, 0.3) is 0 Å². The SMILES string of the molecule is Cc1ccc(-c2nc3cc(C)ccn3c2/C=C/C(=O)N2CC(C)OC(C)C2)cc1. The molecule has 5 nitrogen and oxygen atoms in total. The van der Waals surface area contributed by atoms with Crippen LogP contribution in [0.4, 0.5) is 0 Å². The second-order valence-electron chi connectivity index (χ2n) is 7.98. The molecule has 1 saturated heterocycles. The standard InChI is InChI=1S/C24H27N3O2/c1-16-5-7-20(8-6-16)24-21(27-12-11-17(2)13-22(27)25-24)9-10-23(28)26-14-18(3)29-19(4)15-26/h5-13,18-19H,14-15H2,1-4H3/b10-9+. The molecule has 2 atom stereocenters. The lowest BCUT2D eigenvalue weighted by Crippen LogP contribution is -2.47. The van der Waals surface area contributed by atoms with Crippen molar-refractivity contribution in [3.63, 3.8) is 0 Å². The maximum Gasteiger partial charge on any atom is 0.246 e. The van der Waals surface area contributed by atoms with Crippen molar-refractivity contribution in [3.05, 3.63) is 65.5 Å². The molecular weight excluding hydrogens is 362 g/mol. The molecular formula is C24H27N3O2. The van der Waals surface area contributed by atoms with Gasteiger partial charge in [-0.25, -0.2) is 4.98 Å². The minimum Gasteiger partial charge on any atom is -0.372 e. The second kappa shape index (κ2) is 7.84. The van der Waals surface area contributed by atoms with E-state index in [-0.39, 0.29) is 18.1 Å². The molecule has 3 heterocycles. The molecule has 1 amide bonds. The zero-order chi connectivity index (χ0) is 20.5. The van der Waals surface area contributed by atoms with Crippen molar-refractivity contribution in [2.75, 3.05) is 13.1 Å². The van der Waals surface area contributed by atoms with Crippen LogP contribution in [0.5, 0.6) is 0 Å². The number of morpholine rings is 1. The molecule has 1 aromatic carbocycles. The van der Waals surface area contributed by atoms with Gasteiger partial charge in [-0.1, -0.05) is 29.8 Å². The van der Waals surface area contributed by atoms with Crippen LogP contribution in [-0.4, -0.2) is 45.5 Å². The summed E-state index contributed by atoms with van der Waals surface area (Å²) in [7, 11) is 0. The van der Waals surface area contributed by atoms with Crippen LogP contribution in [0.1, 0.15) is 30.7 Å². The number of aryl methyl sites for hydroxylation is 2. The van der Waals surface area contributed by atoms with Crippen molar-refractivity contribution in [1.29, 1.82) is 0 Å². The van der Waals surface area contributed by atoms with E-state index in [1.807, 2.05) is 35.4 Å². The van der Waals surface area contributed by atoms with Gasteiger partial charge in [-0.15, -0.1) is 0 Å². The number of hydrogen-bond acceptors (Lipinski definition) is 3. The van der Waals surface area contributed by atoms with E-state index in [9.17, 15) is 4.79 Å². The normalized spacial score (nSPS) is 19.9. The van der Waals surface area contributed by atoms with Gasteiger partial charge in [-0.05, 0) is 51.5 Å². The molecule has 0 spiro atoms. The highest BCUT2D eigenvalue weighted by Crippen LogP contribution is 2.26. The van der Waals surface area contributed by atoms with Gasteiger partial charge < -0.3 is 9.64 Å². The van der Waals surface area contributed by atoms with Crippen molar-refractivity contribution in [2.24, 2.45) is 0 Å². The summed E-state index contributed by atoms with van der Waals surface area (Å²) in [6.45, 7) is 9.36. The van der Waals surface area contributed by atoms with E-state index in [1.165, 1.54) is 5.56 Å². The highest BCUT2D eigenvalue weighted by molar-refractivity contribution is 5.93. The summed E-state index contributed by atoms with van der Waals surface area (Å²) in [6.07, 6.45) is 5.66. The van der Waals surface area contributed by atoms with Crippen LogP contribution in [-0.2, 0) is 9.53 Å². The monoisotopic (exact) mass is 389 g/mol. The summed E-state index contributed by atoms with van der Waals surface area (Å²) in [5.41, 5.74) is 6.06. The number of carbonyl (C=O) groups excluding carboxylic acids is 1. The van der Waals surface area contributed by atoms with Gasteiger partial charge in [0.1, 0.15) is 5.65 Å². The number of benzene rings is 1. The minimum absolute atomic E-state index is 0.00363. The number of carbonyl (C=O) groups is 1. The number of nitrogens with zero attached hydrogens (tertiary/aromatic N) is 3. The van der Waals surface area contributed by atoms with Gasteiger partial charge in [0.2, 0.25) is 5.91 Å². The first-order valence-electron chi connectivity index (χ1n) is 10.1. The molecule has 5 heteroatoms. The summed E-state index contributed by atoms with van der Waals surface area (Å²) in [4.78, 5) is 19.5. The highest BCUT2D eigenvalue weighted by Gasteiger charge is 2.24. The number of pyridine rings is 1. The number of amides is 1. The first-order chi connectivity index (χ1) is 13.9. The fourth-order valence-electron chi connectivity index (χ4n) is 3.86. The molecule has 3 aromatic rings. The van der Waals surface area contributed by atoms with Crippen LogP contribution in [0.3, 0.4) is 0 Å². The van der Waals surface area contributed by atoms with Gasteiger partial charge in [0, 0.05) is 30.9 Å². The van der Waals surface area contributed by atoms with Crippen LogP contribution in [0.15, 0.2) is 48.7 Å². The van der Waals surface area contributed by atoms with E-state index < -0.39 is 0 Å². The number of hydrogen-bond donors (Lipinski definition) is 0. The van der Waals surface area contributed by atoms with Crippen molar-refractivity contribution < 1.29 is 9.53 Å². The quantitative estimate of drug-likeness (QED) is 0.629. The summed E-state index contributed by atoms with van der Waals surface area (Å²) in [5.74, 6) is 0.00363. The fourth-order valence-corrected chi connectivity index (χ4v) is 3.86. The molecule has 29 heavy (non-hydrogen) atoms. The van der Waals surface area contributed by atoms with E-state index >= 15 is 0 Å². The Morgan fingerprint density at radius 1 is 1.07 bits per heavy atom. The summed E-state index contributed by atoms with van der Waals surface area (Å²) >= 11 is 0. The largest absolute Gasteiger partial charge is 0.372 e. The topological polar surface area (TPSA) is 46.8 Å². The predicted octanol–water partition coefficient (Wildman–Crippen LogP) is 4.27. The van der Waals surface area contributed by atoms with Gasteiger partial charge in [0.15, 0.2) is 0 Å². The van der Waals surface area contributed by atoms with Gasteiger partial charge >= 0.3 is 0 Å². The number of ether oxygens (including phenoxy) is 1. The van der Waals surface area contributed by atoms with E-state index in [0.29, 0.717) is 13.1 Å². The smallest absolute Gasteiger partial charge is 0.246 e. The zero-order valence-electron chi connectivity index (χ0n) is 17.4. The molecule has 0 saturated carbocycles. The van der Waals surface area contributed by atoms with Gasteiger partial charge in [-0.3, -0.25) is 9.20 Å². The summed E-state index contributed by atoms with van der Waals surface area (Å²) in [5, 5.41) is 0. The predicted molar refractivity (Wildman–Crippen MR) is 116 cm³/mol. The third-order valence-corrected chi connectivity index (χ3v) is 5.26. The van der Waals surface area contributed by atoms with Crippen molar-refractivity contribution >= 4 is 17.6 Å². The number of rotatable bonds is 3. The van der Waals surface area contributed by atoms with E-state index in [2.05, 4.69) is 50.2 Å². The zero-order valence-corrected chi connectivity index (χ0v) is 17.4. The van der Waals surface area contributed by atoms with E-state index in [1.54, 1.807) is 6.08 Å². The van der Waals surface area contributed by atoms with E-state index in [4.69, 9.17) is 9.72 Å². The minimum atomic E-state index is 0.00363. The van der Waals surface area contributed by atoms with Crippen LogP contribution in [0.2, 0.25) is 0 Å². The maximum absolute atomic E-state index is 12.8. The lowest BCUT2D eigenvalue weighted by Gasteiger charge is -2.34. The Morgan fingerprint density at radius 2 is 1.76 bits per heavy atom. The Balaban J connectivity index is 1.71. The fraction of sp³-hybridized carbons (Fsp3) is 0.333. The third-order valence-electron chi connectivity index (χ3n) is 5.26. The maximum atomic E-state index is 12.8. The molecule has 0 aliphatic carbocycles. The Hall–Kier alpha value is -2.92. The molecule has 1 aliphatic heterocycles. The first-order valence-corrected chi connectivity index (χ1v) is 10.1.